The number of hydrogen-bond donors (Lipinski definition) is 1. The van der Waals surface area contributed by atoms with Crippen molar-refractivity contribution in [2.45, 2.75) is 45.3 Å². The van der Waals surface area contributed by atoms with E-state index in [0.29, 0.717) is 41.8 Å². The highest BCUT2D eigenvalue weighted by Gasteiger charge is 2.54. The number of halogens is 1. The summed E-state index contributed by atoms with van der Waals surface area (Å²) in [6.45, 7) is 4.15. The second-order valence-corrected chi connectivity index (χ2v) is 7.95. The molecular weight excluding hydrogens is 387 g/mol. The number of nitrogens with one attached hydrogen (secondary N) is 1. The van der Waals surface area contributed by atoms with Gasteiger partial charge >= 0.3 is 0 Å². The third-order valence-electron chi connectivity index (χ3n) is 5.79. The summed E-state index contributed by atoms with van der Waals surface area (Å²) < 4.78 is 18.7. The molecule has 1 saturated heterocycles. The number of likely N-dealkylation sites (tertiary alicyclic amines) is 1. The minimum absolute atomic E-state index is 0.0618. The molecule has 3 aromatic rings. The lowest BCUT2D eigenvalue weighted by atomic mass is 10.1. The standard InChI is InChI=1S/C21H21FN6O2/c1-11-3-4-15(7-16(11)20-23-8-14(22)9-24-20)25-21(29)18-6-13-5-17(13)28(18)10-19-27-26-12(2)30-19/h3-4,7-9,13,17-18H,5-6,10H2,1-2H3,(H,25,29)/t13-,17-,18+/m0/s1. The Hall–Kier alpha value is -3.20. The van der Waals surface area contributed by atoms with Crippen molar-refractivity contribution in [1.29, 1.82) is 0 Å². The Bertz CT molecular complexity index is 1100. The number of amides is 1. The van der Waals surface area contributed by atoms with Gasteiger partial charge in [0.05, 0.1) is 25.0 Å². The van der Waals surface area contributed by atoms with Gasteiger partial charge in [-0.15, -0.1) is 10.2 Å². The molecule has 1 N–H and O–H groups in total. The lowest BCUT2D eigenvalue weighted by Gasteiger charge is -2.25. The van der Waals surface area contributed by atoms with Crippen molar-refractivity contribution in [1.82, 2.24) is 25.1 Å². The van der Waals surface area contributed by atoms with Crippen LogP contribution in [0.15, 0.2) is 35.0 Å². The van der Waals surface area contributed by atoms with E-state index in [1.807, 2.05) is 25.1 Å². The van der Waals surface area contributed by atoms with E-state index in [4.69, 9.17) is 4.42 Å². The van der Waals surface area contributed by atoms with E-state index in [1.165, 1.54) is 0 Å². The van der Waals surface area contributed by atoms with Crippen molar-refractivity contribution in [3.8, 4) is 11.4 Å². The molecule has 2 aromatic heterocycles. The normalized spacial score (nSPS) is 22.7. The molecule has 154 valence electrons. The smallest absolute Gasteiger partial charge is 0.241 e. The third-order valence-corrected chi connectivity index (χ3v) is 5.79. The predicted molar refractivity (Wildman–Crippen MR) is 106 cm³/mol. The van der Waals surface area contributed by atoms with Crippen LogP contribution >= 0.6 is 0 Å². The molecule has 0 radical (unpaired) electrons. The van der Waals surface area contributed by atoms with Gasteiger partial charge in [0, 0.05) is 24.2 Å². The van der Waals surface area contributed by atoms with Crippen molar-refractivity contribution >= 4 is 11.6 Å². The number of rotatable bonds is 5. The van der Waals surface area contributed by atoms with Crippen LogP contribution in [0.5, 0.6) is 0 Å². The van der Waals surface area contributed by atoms with Gasteiger partial charge in [-0.25, -0.2) is 14.4 Å². The molecule has 2 fully saturated rings. The number of carbonyl (C=O) groups is 1. The number of aryl methyl sites for hydroxylation is 2. The van der Waals surface area contributed by atoms with Crippen molar-refractivity contribution in [2.24, 2.45) is 5.92 Å². The lowest BCUT2D eigenvalue weighted by molar-refractivity contribution is -0.121. The SMILES string of the molecule is Cc1nnc(CN2[C@@H](C(=O)Nc3ccc(C)c(-c4ncc(F)cn4)c3)C[C@@H]3C[C@@H]32)o1. The first-order chi connectivity index (χ1) is 14.5. The molecule has 3 heterocycles. The number of piperidine rings is 1. The number of hydrogen-bond acceptors (Lipinski definition) is 7. The summed E-state index contributed by atoms with van der Waals surface area (Å²) in [4.78, 5) is 23.3. The Morgan fingerprint density at radius 1 is 1.23 bits per heavy atom. The van der Waals surface area contributed by atoms with E-state index in [0.717, 1.165) is 36.4 Å². The zero-order chi connectivity index (χ0) is 20.8. The van der Waals surface area contributed by atoms with Crippen LogP contribution in [0.3, 0.4) is 0 Å². The van der Waals surface area contributed by atoms with Crippen LogP contribution in [0.4, 0.5) is 10.1 Å². The maximum atomic E-state index is 13.2. The molecule has 1 saturated carbocycles. The average Bonchev–Trinajstić information content (AvgIpc) is 3.24. The fourth-order valence-corrected chi connectivity index (χ4v) is 4.20. The molecule has 1 aromatic carbocycles. The maximum absolute atomic E-state index is 13.2. The van der Waals surface area contributed by atoms with E-state index in [9.17, 15) is 9.18 Å². The van der Waals surface area contributed by atoms with Gasteiger partial charge in [-0.3, -0.25) is 9.69 Å². The lowest BCUT2D eigenvalue weighted by Crippen LogP contribution is -2.41. The summed E-state index contributed by atoms with van der Waals surface area (Å²) in [5.74, 6) is 1.47. The van der Waals surface area contributed by atoms with Crippen molar-refractivity contribution in [2.75, 3.05) is 5.32 Å². The molecule has 8 nitrogen and oxygen atoms in total. The largest absolute Gasteiger partial charge is 0.424 e. The van der Waals surface area contributed by atoms with Gasteiger partial charge in [0.25, 0.3) is 0 Å². The van der Waals surface area contributed by atoms with Crippen LogP contribution < -0.4 is 5.32 Å². The summed E-state index contributed by atoms with van der Waals surface area (Å²) in [5, 5.41) is 11.0. The van der Waals surface area contributed by atoms with Crippen LogP contribution in [0.1, 0.15) is 30.2 Å². The fraction of sp³-hybridized carbons (Fsp3) is 0.381. The first kappa shape index (κ1) is 18.8. The molecule has 1 aliphatic heterocycles. The fourth-order valence-electron chi connectivity index (χ4n) is 4.20. The maximum Gasteiger partial charge on any atom is 0.241 e. The van der Waals surface area contributed by atoms with Gasteiger partial charge in [0.1, 0.15) is 0 Å². The Morgan fingerprint density at radius 3 is 2.77 bits per heavy atom. The minimum atomic E-state index is -0.489. The quantitative estimate of drug-likeness (QED) is 0.693. The third kappa shape index (κ3) is 3.56. The zero-order valence-corrected chi connectivity index (χ0v) is 16.7. The molecular formula is C21H21FN6O2. The number of benzene rings is 1. The predicted octanol–water partition coefficient (Wildman–Crippen LogP) is 2.88. The molecule has 3 atom stereocenters. The van der Waals surface area contributed by atoms with E-state index in [1.54, 1.807) is 6.92 Å². The highest BCUT2D eigenvalue weighted by atomic mass is 19.1. The molecule has 0 bridgehead atoms. The van der Waals surface area contributed by atoms with Gasteiger partial charge < -0.3 is 9.73 Å². The van der Waals surface area contributed by atoms with Crippen LogP contribution in [0, 0.1) is 25.6 Å². The number of anilines is 1. The van der Waals surface area contributed by atoms with Gasteiger partial charge in [0.15, 0.2) is 11.6 Å². The number of fused-ring (bicyclic) bond motifs is 1. The molecule has 9 heteroatoms. The number of aromatic nitrogens is 4. The number of carbonyl (C=O) groups excluding carboxylic acids is 1. The molecule has 2 aliphatic rings. The minimum Gasteiger partial charge on any atom is -0.424 e. The van der Waals surface area contributed by atoms with Crippen LogP contribution in [-0.2, 0) is 11.3 Å². The molecule has 30 heavy (non-hydrogen) atoms. The Kier molecular flexibility index (Phi) is 4.54. The highest BCUT2D eigenvalue weighted by Crippen LogP contribution is 2.48. The first-order valence-electron chi connectivity index (χ1n) is 9.92. The summed E-state index contributed by atoms with van der Waals surface area (Å²) in [6, 6.07) is 5.72. The van der Waals surface area contributed by atoms with Crippen molar-refractivity contribution in [3.63, 3.8) is 0 Å². The first-order valence-corrected chi connectivity index (χ1v) is 9.92. The number of nitrogens with zero attached hydrogens (tertiary/aromatic N) is 5. The zero-order valence-electron chi connectivity index (χ0n) is 16.7. The van der Waals surface area contributed by atoms with Crippen LogP contribution in [0.2, 0.25) is 0 Å². The van der Waals surface area contributed by atoms with Gasteiger partial charge in [-0.05, 0) is 43.4 Å². The monoisotopic (exact) mass is 408 g/mol. The summed E-state index contributed by atoms with van der Waals surface area (Å²) in [6.07, 6.45) is 4.20. The second-order valence-electron chi connectivity index (χ2n) is 7.95. The van der Waals surface area contributed by atoms with E-state index in [2.05, 4.69) is 30.4 Å². The average molecular weight is 408 g/mol. The summed E-state index contributed by atoms with van der Waals surface area (Å²) in [5.41, 5.74) is 2.35. The van der Waals surface area contributed by atoms with Crippen LogP contribution in [-0.4, -0.2) is 43.1 Å². The van der Waals surface area contributed by atoms with Crippen molar-refractivity contribution in [3.05, 3.63) is 53.8 Å². The van der Waals surface area contributed by atoms with Gasteiger partial charge in [0.2, 0.25) is 17.7 Å². The highest BCUT2D eigenvalue weighted by molar-refractivity contribution is 5.95. The van der Waals surface area contributed by atoms with Gasteiger partial charge in [-0.2, -0.15) is 0 Å². The van der Waals surface area contributed by atoms with E-state index < -0.39 is 5.82 Å². The van der Waals surface area contributed by atoms with Gasteiger partial charge in [-0.1, -0.05) is 6.07 Å². The molecule has 0 unspecified atom stereocenters. The summed E-state index contributed by atoms with van der Waals surface area (Å²) in [7, 11) is 0. The van der Waals surface area contributed by atoms with Crippen molar-refractivity contribution < 1.29 is 13.6 Å². The van der Waals surface area contributed by atoms with Crippen LogP contribution in [0.25, 0.3) is 11.4 Å². The Morgan fingerprint density at radius 2 is 2.03 bits per heavy atom. The Balaban J connectivity index is 1.33. The van der Waals surface area contributed by atoms with E-state index >= 15 is 0 Å². The second kappa shape index (κ2) is 7.24. The topological polar surface area (TPSA) is 97.0 Å². The molecule has 1 amide bonds. The molecule has 1 aliphatic carbocycles. The summed E-state index contributed by atoms with van der Waals surface area (Å²) >= 11 is 0. The molecule has 0 spiro atoms. The Labute approximate surface area is 172 Å². The van der Waals surface area contributed by atoms with E-state index in [-0.39, 0.29) is 11.9 Å². The molecule has 5 rings (SSSR count).